The van der Waals surface area contributed by atoms with E-state index in [0.717, 1.165) is 12.3 Å². The minimum absolute atomic E-state index is 0.142. The third-order valence-electron chi connectivity index (χ3n) is 8.12. The molecular formula is C20H30O2. The van der Waals surface area contributed by atoms with Gasteiger partial charge in [-0.2, -0.15) is 0 Å². The van der Waals surface area contributed by atoms with Crippen LogP contribution in [0.15, 0.2) is 23.3 Å². The average Bonchev–Trinajstić information content (AvgIpc) is 2.77. The summed E-state index contributed by atoms with van der Waals surface area (Å²) < 4.78 is 0. The first-order chi connectivity index (χ1) is 10.4. The Hall–Kier alpha value is -0.600. The number of hydrogen-bond acceptors (Lipinski definition) is 2. The molecule has 122 valence electrons. The van der Waals surface area contributed by atoms with Gasteiger partial charge in [-0.25, -0.2) is 0 Å². The van der Waals surface area contributed by atoms with Gasteiger partial charge in [-0.1, -0.05) is 44.1 Å². The highest BCUT2D eigenvalue weighted by Gasteiger charge is 2.57. The quantitative estimate of drug-likeness (QED) is 0.714. The molecule has 0 bridgehead atoms. The molecule has 4 aliphatic rings. The summed E-state index contributed by atoms with van der Waals surface area (Å²) in [6.45, 7) is 7.18. The molecule has 0 aliphatic heterocycles. The first-order valence-corrected chi connectivity index (χ1v) is 9.14. The molecular weight excluding hydrogens is 272 g/mol. The van der Waals surface area contributed by atoms with Crippen LogP contribution in [0.4, 0.5) is 0 Å². The maximum atomic E-state index is 10.8. The van der Waals surface area contributed by atoms with Crippen LogP contribution in [-0.2, 0) is 0 Å². The second-order valence-electron chi connectivity index (χ2n) is 8.88. The molecule has 0 aromatic heterocycles. The van der Waals surface area contributed by atoms with E-state index in [9.17, 15) is 10.2 Å². The number of allylic oxidation sites excluding steroid dienone is 3. The summed E-state index contributed by atoms with van der Waals surface area (Å²) >= 11 is 0. The summed E-state index contributed by atoms with van der Waals surface area (Å²) in [4.78, 5) is 0. The predicted octanol–water partition coefficient (Wildman–Crippen LogP) is 3.84. The molecule has 0 aromatic rings. The van der Waals surface area contributed by atoms with Gasteiger partial charge in [0, 0.05) is 11.8 Å². The van der Waals surface area contributed by atoms with Crippen molar-refractivity contribution >= 4 is 0 Å². The Morgan fingerprint density at radius 3 is 2.59 bits per heavy atom. The van der Waals surface area contributed by atoms with E-state index in [2.05, 4.69) is 32.9 Å². The summed E-state index contributed by atoms with van der Waals surface area (Å²) in [5.41, 5.74) is 3.21. The molecule has 2 nitrogen and oxygen atoms in total. The predicted molar refractivity (Wildman–Crippen MR) is 88.2 cm³/mol. The monoisotopic (exact) mass is 302 g/mol. The van der Waals surface area contributed by atoms with Crippen molar-refractivity contribution in [1.82, 2.24) is 0 Å². The van der Waals surface area contributed by atoms with Gasteiger partial charge in [0.25, 0.3) is 0 Å². The zero-order valence-electron chi connectivity index (χ0n) is 14.2. The minimum Gasteiger partial charge on any atom is -0.393 e. The summed E-state index contributed by atoms with van der Waals surface area (Å²) in [6, 6.07) is 0. The Morgan fingerprint density at radius 1 is 1.05 bits per heavy atom. The van der Waals surface area contributed by atoms with E-state index in [1.807, 2.05) is 0 Å². The fraction of sp³-hybridized carbons (Fsp3) is 0.800. The molecule has 0 aromatic carbocycles. The van der Waals surface area contributed by atoms with Crippen molar-refractivity contribution < 1.29 is 10.2 Å². The molecule has 0 heterocycles. The Balaban J connectivity index is 1.76. The van der Waals surface area contributed by atoms with E-state index < -0.39 is 6.10 Å². The lowest BCUT2D eigenvalue weighted by Crippen LogP contribution is -2.52. The van der Waals surface area contributed by atoms with Crippen LogP contribution in [0, 0.1) is 28.6 Å². The molecule has 3 unspecified atom stereocenters. The second kappa shape index (κ2) is 4.70. The van der Waals surface area contributed by atoms with Crippen molar-refractivity contribution in [3.8, 4) is 0 Å². The fourth-order valence-corrected chi connectivity index (χ4v) is 6.30. The third kappa shape index (κ3) is 1.74. The van der Waals surface area contributed by atoms with Crippen LogP contribution in [0.3, 0.4) is 0 Å². The van der Waals surface area contributed by atoms with Crippen LogP contribution in [0.1, 0.15) is 59.3 Å². The number of aliphatic hydroxyl groups is 2. The molecule has 3 saturated carbocycles. The van der Waals surface area contributed by atoms with E-state index >= 15 is 0 Å². The maximum Gasteiger partial charge on any atom is 0.0661 e. The van der Waals surface area contributed by atoms with Gasteiger partial charge in [-0.05, 0) is 55.3 Å². The van der Waals surface area contributed by atoms with Crippen LogP contribution in [-0.4, -0.2) is 22.4 Å². The molecule has 0 saturated heterocycles. The largest absolute Gasteiger partial charge is 0.393 e. The second-order valence-corrected chi connectivity index (χ2v) is 8.88. The summed E-state index contributed by atoms with van der Waals surface area (Å²) in [5, 5.41) is 20.8. The molecule has 0 spiro atoms. The molecule has 0 radical (unpaired) electrons. The lowest BCUT2D eigenvalue weighted by atomic mass is 9.50. The highest BCUT2D eigenvalue weighted by Crippen LogP contribution is 2.64. The molecule has 22 heavy (non-hydrogen) atoms. The Labute approximate surface area is 134 Å². The van der Waals surface area contributed by atoms with Gasteiger partial charge >= 0.3 is 0 Å². The topological polar surface area (TPSA) is 40.5 Å². The van der Waals surface area contributed by atoms with Gasteiger partial charge < -0.3 is 10.2 Å². The third-order valence-corrected chi connectivity index (χ3v) is 8.12. The molecule has 7 atom stereocenters. The van der Waals surface area contributed by atoms with E-state index in [0.29, 0.717) is 23.7 Å². The van der Waals surface area contributed by atoms with Crippen LogP contribution >= 0.6 is 0 Å². The molecule has 0 amide bonds. The molecule has 4 rings (SSSR count). The van der Waals surface area contributed by atoms with E-state index in [1.54, 1.807) is 5.57 Å². The zero-order valence-corrected chi connectivity index (χ0v) is 14.2. The normalized spacial score (nSPS) is 54.0. The fourth-order valence-electron chi connectivity index (χ4n) is 6.30. The first-order valence-electron chi connectivity index (χ1n) is 9.14. The standard InChI is InChI=1S/C20H30O2/c1-12-4-7-16-15-6-5-13-10-14(21)11-18(22)20(13,3)17(15)8-9-19(12,16)2/h5-6,12,14,16-18,21-22H,4,7-11H2,1-3H3/t12-,14?,16?,17+,18?,19+,20-/m0/s1. The first kappa shape index (κ1) is 15.0. The zero-order chi connectivity index (χ0) is 15.7. The van der Waals surface area contributed by atoms with E-state index in [-0.39, 0.29) is 11.5 Å². The average molecular weight is 302 g/mol. The molecule has 2 heteroatoms. The molecule has 2 N–H and O–H groups in total. The Bertz CT molecular complexity index is 548. The van der Waals surface area contributed by atoms with Crippen LogP contribution in [0.25, 0.3) is 0 Å². The van der Waals surface area contributed by atoms with Crippen molar-refractivity contribution in [2.45, 2.75) is 71.5 Å². The number of aliphatic hydroxyl groups excluding tert-OH is 2. The Morgan fingerprint density at radius 2 is 1.82 bits per heavy atom. The van der Waals surface area contributed by atoms with Crippen molar-refractivity contribution in [2.75, 3.05) is 0 Å². The van der Waals surface area contributed by atoms with Gasteiger partial charge in [-0.15, -0.1) is 0 Å². The number of fused-ring (bicyclic) bond motifs is 5. The maximum absolute atomic E-state index is 10.8. The van der Waals surface area contributed by atoms with Gasteiger partial charge in [0.2, 0.25) is 0 Å². The van der Waals surface area contributed by atoms with Gasteiger partial charge in [0.15, 0.2) is 0 Å². The minimum atomic E-state index is -0.403. The summed E-state index contributed by atoms with van der Waals surface area (Å²) in [7, 11) is 0. The van der Waals surface area contributed by atoms with Crippen molar-refractivity contribution in [3.05, 3.63) is 23.3 Å². The highest BCUT2D eigenvalue weighted by atomic mass is 16.3. The van der Waals surface area contributed by atoms with E-state index in [4.69, 9.17) is 0 Å². The van der Waals surface area contributed by atoms with Gasteiger partial charge in [-0.3, -0.25) is 0 Å². The number of rotatable bonds is 0. The SMILES string of the molecule is C[C@H]1CCC2C3=CC=C4CC(O)CC(O)[C@]4(C)[C@@H]3CC[C@@]21C. The lowest BCUT2D eigenvalue weighted by Gasteiger charge is -2.56. The van der Waals surface area contributed by atoms with Crippen molar-refractivity contribution in [1.29, 1.82) is 0 Å². The highest BCUT2D eigenvalue weighted by molar-refractivity contribution is 5.39. The van der Waals surface area contributed by atoms with Crippen LogP contribution in [0.2, 0.25) is 0 Å². The molecule has 3 fully saturated rings. The summed E-state index contributed by atoms with van der Waals surface area (Å²) in [6.07, 6.45) is 10.3. The van der Waals surface area contributed by atoms with E-state index in [1.165, 1.54) is 31.3 Å². The smallest absolute Gasteiger partial charge is 0.0661 e. The van der Waals surface area contributed by atoms with Crippen molar-refractivity contribution in [3.63, 3.8) is 0 Å². The van der Waals surface area contributed by atoms with Crippen LogP contribution < -0.4 is 0 Å². The summed E-state index contributed by atoms with van der Waals surface area (Å²) in [5.74, 6) is 2.00. The lowest BCUT2D eigenvalue weighted by molar-refractivity contribution is -0.0522. The van der Waals surface area contributed by atoms with Crippen molar-refractivity contribution in [2.24, 2.45) is 28.6 Å². The van der Waals surface area contributed by atoms with Crippen LogP contribution in [0.5, 0.6) is 0 Å². The van der Waals surface area contributed by atoms with Gasteiger partial charge in [0.05, 0.1) is 12.2 Å². The Kier molecular flexibility index (Phi) is 3.20. The number of hydrogen-bond donors (Lipinski definition) is 2. The van der Waals surface area contributed by atoms with Gasteiger partial charge in [0.1, 0.15) is 0 Å². The molecule has 4 aliphatic carbocycles.